The van der Waals surface area contributed by atoms with Crippen LogP contribution in [0, 0.1) is 13.8 Å². The van der Waals surface area contributed by atoms with Crippen LogP contribution in [0.15, 0.2) is 71.8 Å². The van der Waals surface area contributed by atoms with Gasteiger partial charge in [-0.05, 0) is 48.9 Å². The molecule has 1 N–H and O–H groups in total. The zero-order valence-corrected chi connectivity index (χ0v) is 16.7. The maximum atomic E-state index is 13.0. The molecule has 29 heavy (non-hydrogen) atoms. The van der Waals surface area contributed by atoms with Crippen LogP contribution in [0.3, 0.4) is 0 Å². The van der Waals surface area contributed by atoms with Gasteiger partial charge in [0, 0.05) is 5.69 Å². The van der Waals surface area contributed by atoms with Crippen molar-refractivity contribution in [1.29, 1.82) is 0 Å². The minimum Gasteiger partial charge on any atom is -0.317 e. The van der Waals surface area contributed by atoms with Crippen LogP contribution in [-0.2, 0) is 19.4 Å². The van der Waals surface area contributed by atoms with Gasteiger partial charge < -0.3 is 5.43 Å². The number of aryl methyl sites for hydroxylation is 3. The van der Waals surface area contributed by atoms with E-state index >= 15 is 0 Å². The average Bonchev–Trinajstić information content (AvgIpc) is 2.76. The van der Waals surface area contributed by atoms with Crippen molar-refractivity contribution in [3.8, 4) is 0 Å². The molecule has 0 radical (unpaired) electrons. The van der Waals surface area contributed by atoms with Gasteiger partial charge in [0.1, 0.15) is 6.33 Å². The van der Waals surface area contributed by atoms with E-state index in [1.54, 1.807) is 0 Å². The molecule has 5 heteroatoms. The first-order valence-electron chi connectivity index (χ1n) is 9.82. The van der Waals surface area contributed by atoms with Crippen LogP contribution < -0.4 is 11.0 Å². The lowest BCUT2D eigenvalue weighted by Crippen LogP contribution is -2.30. The van der Waals surface area contributed by atoms with Gasteiger partial charge in [-0.25, -0.2) is 14.6 Å². The van der Waals surface area contributed by atoms with Gasteiger partial charge in [-0.2, -0.15) is 0 Å². The molecule has 0 aliphatic carbocycles. The smallest absolute Gasteiger partial charge is 0.281 e. The second-order valence-corrected chi connectivity index (χ2v) is 7.23. The lowest BCUT2D eigenvalue weighted by Gasteiger charge is -2.14. The van der Waals surface area contributed by atoms with E-state index in [4.69, 9.17) is 4.98 Å². The van der Waals surface area contributed by atoms with Crippen molar-refractivity contribution in [3.63, 3.8) is 0 Å². The molecule has 0 atom stereocenters. The first kappa shape index (κ1) is 18.9. The quantitative estimate of drug-likeness (QED) is 0.547. The Morgan fingerprint density at radius 1 is 0.862 bits per heavy atom. The maximum Gasteiger partial charge on any atom is 0.281 e. The Bertz CT molecular complexity index is 1180. The van der Waals surface area contributed by atoms with E-state index in [9.17, 15) is 4.79 Å². The number of hydrogen-bond donors (Lipinski definition) is 1. The van der Waals surface area contributed by atoms with Gasteiger partial charge in [-0.1, -0.05) is 60.7 Å². The molecule has 4 rings (SSSR count). The SMILES string of the molecule is Cc1c(CCc2ccccc2)nc2ncn(NCc3ccccc3)c(=O)c2c1C. The molecule has 0 saturated carbocycles. The molecule has 4 aromatic rings. The van der Waals surface area contributed by atoms with Gasteiger partial charge in [0.25, 0.3) is 5.56 Å². The summed E-state index contributed by atoms with van der Waals surface area (Å²) in [5, 5.41) is 0.578. The Morgan fingerprint density at radius 3 is 2.21 bits per heavy atom. The molecule has 2 heterocycles. The molecule has 0 spiro atoms. The fourth-order valence-electron chi connectivity index (χ4n) is 3.51. The number of hydrogen-bond acceptors (Lipinski definition) is 4. The monoisotopic (exact) mass is 384 g/mol. The summed E-state index contributed by atoms with van der Waals surface area (Å²) in [6.07, 6.45) is 3.26. The van der Waals surface area contributed by atoms with Crippen molar-refractivity contribution in [1.82, 2.24) is 14.6 Å². The van der Waals surface area contributed by atoms with E-state index in [0.29, 0.717) is 17.6 Å². The summed E-state index contributed by atoms with van der Waals surface area (Å²) in [5.41, 5.74) is 8.93. The number of rotatable bonds is 6. The van der Waals surface area contributed by atoms with Crippen molar-refractivity contribution in [3.05, 3.63) is 105 Å². The molecule has 0 aliphatic rings. The lowest BCUT2D eigenvalue weighted by atomic mass is 10.0. The molecular formula is C24H24N4O. The minimum absolute atomic E-state index is 0.117. The lowest BCUT2D eigenvalue weighted by molar-refractivity contribution is 0.786. The van der Waals surface area contributed by atoms with Crippen LogP contribution in [0.4, 0.5) is 0 Å². The second kappa shape index (κ2) is 8.27. The molecule has 0 saturated heterocycles. The number of fused-ring (bicyclic) bond motifs is 1. The van der Waals surface area contributed by atoms with Crippen molar-refractivity contribution in [2.45, 2.75) is 33.2 Å². The van der Waals surface area contributed by atoms with Crippen LogP contribution in [-0.4, -0.2) is 14.6 Å². The van der Waals surface area contributed by atoms with Crippen molar-refractivity contribution >= 4 is 11.0 Å². The fraction of sp³-hybridized carbons (Fsp3) is 0.208. The largest absolute Gasteiger partial charge is 0.317 e. The highest BCUT2D eigenvalue weighted by molar-refractivity contribution is 5.79. The Kier molecular flexibility index (Phi) is 5.38. The minimum atomic E-state index is -0.117. The number of nitrogens with one attached hydrogen (secondary N) is 1. The molecule has 0 aliphatic heterocycles. The normalized spacial score (nSPS) is 11.0. The first-order chi connectivity index (χ1) is 14.1. The van der Waals surface area contributed by atoms with E-state index in [1.807, 2.05) is 62.4 Å². The highest BCUT2D eigenvalue weighted by Crippen LogP contribution is 2.19. The molecule has 2 aromatic heterocycles. The summed E-state index contributed by atoms with van der Waals surface area (Å²) in [6, 6.07) is 20.3. The molecule has 5 nitrogen and oxygen atoms in total. The molecule has 0 unspecified atom stereocenters. The number of aromatic nitrogens is 3. The molecule has 0 fully saturated rings. The highest BCUT2D eigenvalue weighted by atomic mass is 16.1. The van der Waals surface area contributed by atoms with Gasteiger partial charge in [0.15, 0.2) is 5.65 Å². The third kappa shape index (κ3) is 4.04. The zero-order valence-electron chi connectivity index (χ0n) is 16.7. The van der Waals surface area contributed by atoms with Gasteiger partial charge in [0.2, 0.25) is 0 Å². The summed E-state index contributed by atoms with van der Waals surface area (Å²) >= 11 is 0. The van der Waals surface area contributed by atoms with E-state index in [-0.39, 0.29) is 5.56 Å². The van der Waals surface area contributed by atoms with Crippen LogP contribution in [0.2, 0.25) is 0 Å². The Morgan fingerprint density at radius 2 is 1.52 bits per heavy atom. The Labute approximate surface area is 170 Å². The third-order valence-corrected chi connectivity index (χ3v) is 5.35. The molecular weight excluding hydrogens is 360 g/mol. The summed E-state index contributed by atoms with van der Waals surface area (Å²) in [7, 11) is 0. The van der Waals surface area contributed by atoms with E-state index < -0.39 is 0 Å². The van der Waals surface area contributed by atoms with Crippen LogP contribution in [0.25, 0.3) is 11.0 Å². The summed E-state index contributed by atoms with van der Waals surface area (Å²) in [4.78, 5) is 22.2. The third-order valence-electron chi connectivity index (χ3n) is 5.35. The van der Waals surface area contributed by atoms with E-state index in [0.717, 1.165) is 35.2 Å². The molecule has 0 amide bonds. The van der Waals surface area contributed by atoms with Gasteiger partial charge in [-0.15, -0.1) is 0 Å². The van der Waals surface area contributed by atoms with Crippen molar-refractivity contribution < 1.29 is 0 Å². The first-order valence-corrected chi connectivity index (χ1v) is 9.82. The second-order valence-electron chi connectivity index (χ2n) is 7.23. The fourth-order valence-corrected chi connectivity index (χ4v) is 3.51. The number of pyridine rings is 1. The van der Waals surface area contributed by atoms with Crippen LogP contribution in [0.1, 0.15) is 27.9 Å². The maximum absolute atomic E-state index is 13.0. The predicted molar refractivity (Wildman–Crippen MR) is 117 cm³/mol. The number of nitrogens with zero attached hydrogens (tertiary/aromatic N) is 3. The standard InChI is InChI=1S/C24H24N4O/c1-17-18(2)22-23(27-21(17)14-13-19-9-5-3-6-10-19)25-16-28(24(22)29)26-15-20-11-7-4-8-12-20/h3-12,16,26H,13-15H2,1-2H3. The zero-order chi connectivity index (χ0) is 20.2. The van der Waals surface area contributed by atoms with E-state index in [1.165, 1.54) is 16.6 Å². The number of benzene rings is 2. The Balaban J connectivity index is 1.62. The van der Waals surface area contributed by atoms with Gasteiger partial charge >= 0.3 is 0 Å². The molecule has 2 aromatic carbocycles. The van der Waals surface area contributed by atoms with Crippen molar-refractivity contribution in [2.24, 2.45) is 0 Å². The molecule has 146 valence electrons. The van der Waals surface area contributed by atoms with Crippen molar-refractivity contribution in [2.75, 3.05) is 5.43 Å². The van der Waals surface area contributed by atoms with Gasteiger partial charge in [0.05, 0.1) is 11.9 Å². The average molecular weight is 384 g/mol. The van der Waals surface area contributed by atoms with Gasteiger partial charge in [-0.3, -0.25) is 4.79 Å². The molecule has 0 bridgehead atoms. The predicted octanol–water partition coefficient (Wildman–Crippen LogP) is 3.94. The summed E-state index contributed by atoms with van der Waals surface area (Å²) < 4.78 is 1.45. The summed E-state index contributed by atoms with van der Waals surface area (Å²) in [6.45, 7) is 4.57. The summed E-state index contributed by atoms with van der Waals surface area (Å²) in [5.74, 6) is 0. The van der Waals surface area contributed by atoms with Crippen LogP contribution >= 0.6 is 0 Å². The Hall–Kier alpha value is -3.47. The highest BCUT2D eigenvalue weighted by Gasteiger charge is 2.14. The van der Waals surface area contributed by atoms with Crippen LogP contribution in [0.5, 0.6) is 0 Å². The topological polar surface area (TPSA) is 59.8 Å². The van der Waals surface area contributed by atoms with E-state index in [2.05, 4.69) is 22.5 Å².